The maximum Gasteiger partial charge on any atom is 0.332 e. The van der Waals surface area contributed by atoms with Gasteiger partial charge in [0.05, 0.1) is 0 Å². The lowest BCUT2D eigenvalue weighted by molar-refractivity contribution is -0.146. The van der Waals surface area contributed by atoms with E-state index in [1.54, 1.807) is 0 Å². The number of unbranched alkanes of at least 4 members (excludes halogenated alkanes) is 1. The van der Waals surface area contributed by atoms with Crippen molar-refractivity contribution in [1.82, 2.24) is 0 Å². The molecule has 0 aliphatic rings. The minimum absolute atomic E-state index is 0.381. The van der Waals surface area contributed by atoms with Gasteiger partial charge in [0.25, 0.3) is 0 Å². The van der Waals surface area contributed by atoms with Crippen molar-refractivity contribution in [1.29, 1.82) is 0 Å². The molecule has 0 bridgehead atoms. The Hall–Kier alpha value is -0.570. The minimum atomic E-state index is -1.17. The van der Waals surface area contributed by atoms with Gasteiger partial charge >= 0.3 is 5.97 Å². The summed E-state index contributed by atoms with van der Waals surface area (Å²) in [5, 5.41) is 17.3. The number of aliphatic carboxylic acids is 1. The zero-order chi connectivity index (χ0) is 10.3. The average molecular weight is 188 g/mol. The Labute approximate surface area is 79.8 Å². The summed E-state index contributed by atoms with van der Waals surface area (Å²) in [5.74, 6) is -0.398. The SMILES string of the molecule is CCC(C)CCCCC(O)C(=O)O. The van der Waals surface area contributed by atoms with Crippen molar-refractivity contribution in [2.24, 2.45) is 5.92 Å². The van der Waals surface area contributed by atoms with E-state index in [1.165, 1.54) is 6.42 Å². The molecule has 2 N–H and O–H groups in total. The first-order valence-corrected chi connectivity index (χ1v) is 4.98. The third-order valence-electron chi connectivity index (χ3n) is 2.41. The molecule has 78 valence electrons. The highest BCUT2D eigenvalue weighted by atomic mass is 16.4. The Bertz CT molecular complexity index is 145. The maximum absolute atomic E-state index is 10.2. The number of carbonyl (C=O) groups is 1. The number of aliphatic hydroxyl groups excluding tert-OH is 1. The van der Waals surface area contributed by atoms with Crippen LogP contribution in [0.15, 0.2) is 0 Å². The molecule has 0 rings (SSSR count). The fourth-order valence-electron chi connectivity index (χ4n) is 1.16. The predicted octanol–water partition coefficient (Wildman–Crippen LogP) is 2.04. The van der Waals surface area contributed by atoms with Crippen molar-refractivity contribution in [2.45, 2.75) is 52.1 Å². The van der Waals surface area contributed by atoms with E-state index in [9.17, 15) is 4.79 Å². The van der Waals surface area contributed by atoms with E-state index in [0.29, 0.717) is 12.3 Å². The lowest BCUT2D eigenvalue weighted by atomic mass is 10.00. The fraction of sp³-hybridized carbons (Fsp3) is 0.900. The van der Waals surface area contributed by atoms with Crippen LogP contribution in [-0.4, -0.2) is 22.3 Å². The Balaban J connectivity index is 3.30. The topological polar surface area (TPSA) is 57.5 Å². The normalized spacial score (nSPS) is 15.3. The molecular formula is C10H20O3. The first-order valence-electron chi connectivity index (χ1n) is 4.98. The molecule has 0 aromatic heterocycles. The second-order valence-corrected chi connectivity index (χ2v) is 3.65. The van der Waals surface area contributed by atoms with Gasteiger partial charge in [-0.2, -0.15) is 0 Å². The average Bonchev–Trinajstić information content (AvgIpc) is 2.11. The van der Waals surface area contributed by atoms with Gasteiger partial charge in [0, 0.05) is 0 Å². The smallest absolute Gasteiger partial charge is 0.332 e. The molecule has 0 fully saturated rings. The van der Waals surface area contributed by atoms with Gasteiger partial charge < -0.3 is 10.2 Å². The van der Waals surface area contributed by atoms with E-state index in [0.717, 1.165) is 19.3 Å². The fourth-order valence-corrected chi connectivity index (χ4v) is 1.16. The molecule has 3 heteroatoms. The van der Waals surface area contributed by atoms with E-state index in [1.807, 2.05) is 0 Å². The van der Waals surface area contributed by atoms with Crippen LogP contribution in [0, 0.1) is 5.92 Å². The Morgan fingerprint density at radius 3 is 2.31 bits per heavy atom. The second-order valence-electron chi connectivity index (χ2n) is 3.65. The molecule has 3 nitrogen and oxygen atoms in total. The van der Waals surface area contributed by atoms with Crippen LogP contribution in [0.3, 0.4) is 0 Å². The summed E-state index contributed by atoms with van der Waals surface area (Å²) in [4.78, 5) is 10.2. The van der Waals surface area contributed by atoms with Gasteiger partial charge in [-0.05, 0) is 12.3 Å². The van der Waals surface area contributed by atoms with Gasteiger partial charge in [-0.15, -0.1) is 0 Å². The van der Waals surface area contributed by atoms with Crippen LogP contribution in [0.5, 0.6) is 0 Å². The molecule has 2 atom stereocenters. The first-order chi connectivity index (χ1) is 6.07. The number of carboxylic acids is 1. The summed E-state index contributed by atoms with van der Waals surface area (Å²) < 4.78 is 0. The number of rotatable bonds is 7. The van der Waals surface area contributed by atoms with E-state index >= 15 is 0 Å². The summed E-state index contributed by atoms with van der Waals surface area (Å²) in [6.07, 6.45) is 3.32. The first kappa shape index (κ1) is 12.4. The monoisotopic (exact) mass is 188 g/mol. The van der Waals surface area contributed by atoms with E-state index < -0.39 is 12.1 Å². The lowest BCUT2D eigenvalue weighted by Crippen LogP contribution is -2.18. The minimum Gasteiger partial charge on any atom is -0.479 e. The van der Waals surface area contributed by atoms with Crippen LogP contribution >= 0.6 is 0 Å². The standard InChI is InChI=1S/C10H20O3/c1-3-8(2)6-4-5-7-9(11)10(12)13/h8-9,11H,3-7H2,1-2H3,(H,12,13). The summed E-state index contributed by atoms with van der Waals surface area (Å²) in [6.45, 7) is 4.34. The Morgan fingerprint density at radius 2 is 1.85 bits per heavy atom. The molecule has 2 unspecified atom stereocenters. The molecule has 13 heavy (non-hydrogen) atoms. The largest absolute Gasteiger partial charge is 0.479 e. The van der Waals surface area contributed by atoms with Gasteiger partial charge in [0.1, 0.15) is 0 Å². The third-order valence-corrected chi connectivity index (χ3v) is 2.41. The van der Waals surface area contributed by atoms with E-state index in [2.05, 4.69) is 13.8 Å². The highest BCUT2D eigenvalue weighted by Gasteiger charge is 2.11. The van der Waals surface area contributed by atoms with Crippen molar-refractivity contribution in [3.8, 4) is 0 Å². The van der Waals surface area contributed by atoms with Crippen molar-refractivity contribution in [3.63, 3.8) is 0 Å². The highest BCUT2D eigenvalue weighted by molar-refractivity contribution is 5.71. The molecule has 0 radical (unpaired) electrons. The molecule has 0 aromatic rings. The third kappa shape index (κ3) is 6.58. The lowest BCUT2D eigenvalue weighted by Gasteiger charge is -2.08. The molecule has 0 spiro atoms. The summed E-state index contributed by atoms with van der Waals surface area (Å²) in [5.41, 5.74) is 0. The second kappa shape index (κ2) is 6.89. The summed E-state index contributed by atoms with van der Waals surface area (Å²) >= 11 is 0. The predicted molar refractivity (Wildman–Crippen MR) is 51.6 cm³/mol. The van der Waals surface area contributed by atoms with Gasteiger partial charge in [-0.3, -0.25) is 0 Å². The van der Waals surface area contributed by atoms with E-state index in [-0.39, 0.29) is 0 Å². The number of aliphatic hydroxyl groups is 1. The van der Waals surface area contributed by atoms with Crippen LogP contribution in [0.25, 0.3) is 0 Å². The molecule has 0 aliphatic heterocycles. The summed E-state index contributed by atoms with van der Waals surface area (Å²) in [6, 6.07) is 0. The van der Waals surface area contributed by atoms with Gasteiger partial charge in [-0.1, -0.05) is 39.5 Å². The number of carboxylic acid groups (broad SMARTS) is 1. The summed E-state index contributed by atoms with van der Waals surface area (Å²) in [7, 11) is 0. The highest BCUT2D eigenvalue weighted by Crippen LogP contribution is 2.12. The van der Waals surface area contributed by atoms with Gasteiger partial charge in [-0.25, -0.2) is 4.79 Å². The van der Waals surface area contributed by atoms with Crippen molar-refractivity contribution >= 4 is 5.97 Å². The van der Waals surface area contributed by atoms with Crippen LogP contribution < -0.4 is 0 Å². The molecule has 0 saturated heterocycles. The molecular weight excluding hydrogens is 168 g/mol. The molecule has 0 aromatic carbocycles. The maximum atomic E-state index is 10.2. The van der Waals surface area contributed by atoms with Crippen molar-refractivity contribution < 1.29 is 15.0 Å². The van der Waals surface area contributed by atoms with Crippen LogP contribution in [0.2, 0.25) is 0 Å². The van der Waals surface area contributed by atoms with Gasteiger partial charge in [0.2, 0.25) is 0 Å². The molecule has 0 heterocycles. The quantitative estimate of drug-likeness (QED) is 0.601. The molecule has 0 saturated carbocycles. The number of hydrogen-bond acceptors (Lipinski definition) is 2. The Morgan fingerprint density at radius 1 is 1.31 bits per heavy atom. The number of hydrogen-bond donors (Lipinski definition) is 2. The van der Waals surface area contributed by atoms with E-state index in [4.69, 9.17) is 10.2 Å². The Kier molecular flexibility index (Phi) is 6.59. The zero-order valence-corrected chi connectivity index (χ0v) is 8.49. The molecule has 0 amide bonds. The molecule has 0 aliphatic carbocycles. The van der Waals surface area contributed by atoms with Gasteiger partial charge in [0.15, 0.2) is 6.10 Å². The zero-order valence-electron chi connectivity index (χ0n) is 8.49. The van der Waals surface area contributed by atoms with Crippen LogP contribution in [0.1, 0.15) is 46.0 Å². The van der Waals surface area contributed by atoms with Crippen molar-refractivity contribution in [3.05, 3.63) is 0 Å². The van der Waals surface area contributed by atoms with Crippen LogP contribution in [0.4, 0.5) is 0 Å². The van der Waals surface area contributed by atoms with Crippen LogP contribution in [-0.2, 0) is 4.79 Å². The van der Waals surface area contributed by atoms with Crippen molar-refractivity contribution in [2.75, 3.05) is 0 Å².